The van der Waals surface area contributed by atoms with Gasteiger partial charge in [0, 0.05) is 5.57 Å². The van der Waals surface area contributed by atoms with Gasteiger partial charge in [0.15, 0.2) is 0 Å². The summed E-state index contributed by atoms with van der Waals surface area (Å²) in [7, 11) is 0. The average Bonchev–Trinajstić information content (AvgIpc) is 2.71. The molecule has 0 rings (SSSR count). The molecule has 0 bridgehead atoms. The molecule has 0 spiro atoms. The van der Waals surface area contributed by atoms with Crippen LogP contribution in [0.15, 0.2) is 25.0 Å². The summed E-state index contributed by atoms with van der Waals surface area (Å²) in [6.07, 6.45) is 18.5. The molecular formula is C25H44O4. The van der Waals surface area contributed by atoms with E-state index in [9.17, 15) is 9.59 Å². The number of rotatable bonds is 20. The Labute approximate surface area is 179 Å². The fourth-order valence-electron chi connectivity index (χ4n) is 3.33. The molecule has 1 atom stereocenters. The highest BCUT2D eigenvalue weighted by molar-refractivity contribution is 5.95. The molecule has 0 aliphatic rings. The lowest BCUT2D eigenvalue weighted by atomic mass is 9.93. The maximum atomic E-state index is 12.2. The van der Waals surface area contributed by atoms with Gasteiger partial charge in [-0.3, -0.25) is 4.79 Å². The van der Waals surface area contributed by atoms with Crippen LogP contribution in [-0.4, -0.2) is 18.5 Å². The van der Waals surface area contributed by atoms with Crippen LogP contribution in [0, 0.1) is 5.92 Å². The number of esters is 2. The van der Waals surface area contributed by atoms with E-state index >= 15 is 0 Å². The molecule has 4 heteroatoms. The molecule has 0 aromatic heterocycles. The van der Waals surface area contributed by atoms with Crippen molar-refractivity contribution in [3.05, 3.63) is 25.0 Å². The number of carbonyl (C=O) groups is 2. The van der Waals surface area contributed by atoms with Crippen LogP contribution in [0.3, 0.4) is 0 Å². The molecular weight excluding hydrogens is 364 g/mol. The van der Waals surface area contributed by atoms with Crippen LogP contribution >= 0.6 is 0 Å². The molecule has 0 aliphatic carbocycles. The van der Waals surface area contributed by atoms with E-state index in [1.165, 1.54) is 57.8 Å². The van der Waals surface area contributed by atoms with Gasteiger partial charge in [-0.2, -0.15) is 0 Å². The van der Waals surface area contributed by atoms with E-state index in [0.29, 0.717) is 13.0 Å². The van der Waals surface area contributed by atoms with E-state index in [1.807, 2.05) is 6.92 Å². The Morgan fingerprint density at radius 3 is 1.76 bits per heavy atom. The quantitative estimate of drug-likeness (QED) is 0.0919. The standard InChI is InChI=1S/C25H44O4/c1-5-8-10-11-12-13-14-15-16-17-18-19-20-23(25(27)28-7-3)22(4)24(26)29-21-9-6-2/h7,23H,3-6,8-21H2,1-2H3. The van der Waals surface area contributed by atoms with Gasteiger partial charge in [0.25, 0.3) is 0 Å². The van der Waals surface area contributed by atoms with Crippen LogP contribution in [0.25, 0.3) is 0 Å². The molecule has 0 aliphatic heterocycles. The number of carbonyl (C=O) groups excluding carboxylic acids is 2. The number of hydrogen-bond donors (Lipinski definition) is 0. The van der Waals surface area contributed by atoms with Gasteiger partial charge in [0.1, 0.15) is 0 Å². The average molecular weight is 409 g/mol. The van der Waals surface area contributed by atoms with Gasteiger partial charge in [0.05, 0.1) is 18.8 Å². The van der Waals surface area contributed by atoms with E-state index < -0.39 is 17.9 Å². The van der Waals surface area contributed by atoms with Crippen molar-refractivity contribution in [2.75, 3.05) is 6.61 Å². The molecule has 0 saturated heterocycles. The summed E-state index contributed by atoms with van der Waals surface area (Å²) in [5.74, 6) is -1.62. The third kappa shape index (κ3) is 15.0. The highest BCUT2D eigenvalue weighted by Crippen LogP contribution is 2.22. The van der Waals surface area contributed by atoms with Gasteiger partial charge in [-0.15, -0.1) is 0 Å². The van der Waals surface area contributed by atoms with E-state index in [4.69, 9.17) is 9.47 Å². The van der Waals surface area contributed by atoms with E-state index in [0.717, 1.165) is 38.4 Å². The molecule has 0 heterocycles. The molecule has 0 aromatic rings. The fraction of sp³-hybridized carbons (Fsp3) is 0.760. The van der Waals surface area contributed by atoms with Gasteiger partial charge < -0.3 is 9.47 Å². The molecule has 1 unspecified atom stereocenters. The van der Waals surface area contributed by atoms with Crippen LogP contribution < -0.4 is 0 Å². The third-order valence-electron chi connectivity index (χ3n) is 5.24. The van der Waals surface area contributed by atoms with Crippen molar-refractivity contribution in [2.45, 2.75) is 110 Å². The number of ether oxygens (including phenoxy) is 2. The SMILES string of the molecule is C=COC(=O)C(CCCCCCCCCCCCCC)C(=C)C(=O)OCCCC. The lowest BCUT2D eigenvalue weighted by molar-refractivity contribution is -0.146. The van der Waals surface area contributed by atoms with Gasteiger partial charge in [0.2, 0.25) is 0 Å². The molecule has 29 heavy (non-hydrogen) atoms. The normalized spacial score (nSPS) is 11.7. The molecule has 0 amide bonds. The first kappa shape index (κ1) is 27.4. The number of hydrogen-bond acceptors (Lipinski definition) is 4. The first-order valence-corrected chi connectivity index (χ1v) is 11.8. The van der Waals surface area contributed by atoms with Crippen molar-refractivity contribution in [2.24, 2.45) is 5.92 Å². The largest absolute Gasteiger partial charge is 0.462 e. The van der Waals surface area contributed by atoms with Crippen LogP contribution in [-0.2, 0) is 19.1 Å². The summed E-state index contributed by atoms with van der Waals surface area (Å²) < 4.78 is 10.1. The zero-order valence-electron chi connectivity index (χ0n) is 19.0. The Kier molecular flexibility index (Phi) is 18.6. The molecule has 0 aromatic carbocycles. The van der Waals surface area contributed by atoms with Crippen molar-refractivity contribution in [3.63, 3.8) is 0 Å². The van der Waals surface area contributed by atoms with E-state index in [1.54, 1.807) is 0 Å². The molecule has 168 valence electrons. The molecule has 0 radical (unpaired) electrons. The second-order valence-corrected chi connectivity index (χ2v) is 7.85. The van der Waals surface area contributed by atoms with Crippen molar-refractivity contribution in [1.82, 2.24) is 0 Å². The summed E-state index contributed by atoms with van der Waals surface area (Å²) >= 11 is 0. The van der Waals surface area contributed by atoms with Crippen molar-refractivity contribution in [3.8, 4) is 0 Å². The number of unbranched alkanes of at least 4 members (excludes halogenated alkanes) is 12. The van der Waals surface area contributed by atoms with Gasteiger partial charge in [-0.1, -0.05) is 110 Å². The first-order chi connectivity index (χ1) is 14.1. The maximum absolute atomic E-state index is 12.2. The Hall–Kier alpha value is -1.58. The Morgan fingerprint density at radius 2 is 1.28 bits per heavy atom. The summed E-state index contributed by atoms with van der Waals surface area (Å²) in [6, 6.07) is 0. The Balaban J connectivity index is 4.03. The predicted octanol–water partition coefficient (Wildman–Crippen LogP) is 7.28. The van der Waals surface area contributed by atoms with Crippen molar-refractivity contribution >= 4 is 11.9 Å². The molecule has 0 saturated carbocycles. The van der Waals surface area contributed by atoms with Crippen LogP contribution in [0.4, 0.5) is 0 Å². The first-order valence-electron chi connectivity index (χ1n) is 11.8. The maximum Gasteiger partial charge on any atom is 0.334 e. The Morgan fingerprint density at radius 1 is 0.793 bits per heavy atom. The second-order valence-electron chi connectivity index (χ2n) is 7.85. The van der Waals surface area contributed by atoms with Gasteiger partial charge in [-0.25, -0.2) is 4.79 Å². The lowest BCUT2D eigenvalue weighted by Gasteiger charge is -2.16. The van der Waals surface area contributed by atoms with Gasteiger partial charge in [-0.05, 0) is 12.8 Å². The zero-order valence-corrected chi connectivity index (χ0v) is 19.0. The highest BCUT2D eigenvalue weighted by Gasteiger charge is 2.27. The minimum atomic E-state index is -0.648. The summed E-state index contributed by atoms with van der Waals surface area (Å²) in [5.41, 5.74) is 0.191. The van der Waals surface area contributed by atoms with Crippen LogP contribution in [0.2, 0.25) is 0 Å². The summed E-state index contributed by atoms with van der Waals surface area (Å²) in [6.45, 7) is 11.9. The highest BCUT2D eigenvalue weighted by atomic mass is 16.5. The summed E-state index contributed by atoms with van der Waals surface area (Å²) in [5, 5.41) is 0. The van der Waals surface area contributed by atoms with Gasteiger partial charge >= 0.3 is 11.9 Å². The van der Waals surface area contributed by atoms with E-state index in [2.05, 4.69) is 20.1 Å². The molecule has 0 fully saturated rings. The monoisotopic (exact) mass is 408 g/mol. The van der Waals surface area contributed by atoms with Crippen molar-refractivity contribution < 1.29 is 19.1 Å². The van der Waals surface area contributed by atoms with Crippen LogP contribution in [0.5, 0.6) is 0 Å². The minimum absolute atomic E-state index is 0.191. The minimum Gasteiger partial charge on any atom is -0.462 e. The van der Waals surface area contributed by atoms with Crippen LogP contribution in [0.1, 0.15) is 110 Å². The topological polar surface area (TPSA) is 52.6 Å². The zero-order chi connectivity index (χ0) is 21.7. The predicted molar refractivity (Wildman–Crippen MR) is 120 cm³/mol. The van der Waals surface area contributed by atoms with E-state index in [-0.39, 0.29) is 5.57 Å². The lowest BCUT2D eigenvalue weighted by Crippen LogP contribution is -2.24. The third-order valence-corrected chi connectivity index (χ3v) is 5.24. The smallest absolute Gasteiger partial charge is 0.334 e. The fourth-order valence-corrected chi connectivity index (χ4v) is 3.33. The summed E-state index contributed by atoms with van der Waals surface area (Å²) in [4.78, 5) is 24.3. The molecule has 4 nitrogen and oxygen atoms in total. The Bertz CT molecular complexity index is 456. The second kappa shape index (κ2) is 19.7. The van der Waals surface area contributed by atoms with Crippen molar-refractivity contribution in [1.29, 1.82) is 0 Å². The molecule has 0 N–H and O–H groups in total.